The standard InChI is InChI=1S/C8H8O.C4H10.C2H6.CH3.Y/c1-7(9)8-5-3-2-4-6-8;1-3-4-2;1-2;;/h2-6H,1H3;3-4H2,1-2H3;1-2H3;1H3;/q;;;-1;. The van der Waals surface area contributed by atoms with Gasteiger partial charge in [0.05, 0.1) is 0 Å². The molecule has 0 amide bonds. The van der Waals surface area contributed by atoms with Gasteiger partial charge in [0, 0.05) is 38.3 Å². The van der Waals surface area contributed by atoms with Crippen molar-refractivity contribution in [1.82, 2.24) is 0 Å². The molecule has 1 aromatic carbocycles. The van der Waals surface area contributed by atoms with E-state index in [2.05, 4.69) is 13.8 Å². The summed E-state index contributed by atoms with van der Waals surface area (Å²) in [6, 6.07) is 9.23. The second-order valence-corrected chi connectivity index (χ2v) is 2.92. The molecule has 0 atom stereocenters. The smallest absolute Gasteiger partial charge is 0.159 e. The van der Waals surface area contributed by atoms with Crippen LogP contribution in [0.4, 0.5) is 0 Å². The van der Waals surface area contributed by atoms with Crippen LogP contribution in [0.15, 0.2) is 30.3 Å². The van der Waals surface area contributed by atoms with Gasteiger partial charge in [0.1, 0.15) is 0 Å². The summed E-state index contributed by atoms with van der Waals surface area (Å²) in [6.45, 7) is 9.93. The monoisotopic (exact) mass is 312 g/mol. The Balaban J connectivity index is -0.0000000925. The van der Waals surface area contributed by atoms with Crippen molar-refractivity contribution in [3.8, 4) is 0 Å². The van der Waals surface area contributed by atoms with Gasteiger partial charge in [-0.1, -0.05) is 70.9 Å². The molecule has 17 heavy (non-hydrogen) atoms. The van der Waals surface area contributed by atoms with Crippen LogP contribution in [0, 0.1) is 7.43 Å². The van der Waals surface area contributed by atoms with E-state index >= 15 is 0 Å². The maximum Gasteiger partial charge on any atom is 0.159 e. The number of rotatable bonds is 2. The van der Waals surface area contributed by atoms with Crippen molar-refractivity contribution in [2.45, 2.75) is 47.5 Å². The molecule has 0 fully saturated rings. The normalized spacial score (nSPS) is 6.88. The van der Waals surface area contributed by atoms with Crippen molar-refractivity contribution in [2.75, 3.05) is 0 Å². The molecule has 0 spiro atoms. The van der Waals surface area contributed by atoms with Crippen LogP contribution < -0.4 is 0 Å². The Bertz CT molecular complexity index is 230. The molecule has 0 saturated heterocycles. The van der Waals surface area contributed by atoms with Crippen LogP contribution in [0.25, 0.3) is 0 Å². The molecule has 0 heterocycles. The molecule has 2 heteroatoms. The van der Waals surface area contributed by atoms with Crippen LogP contribution in [-0.4, -0.2) is 5.78 Å². The van der Waals surface area contributed by atoms with Gasteiger partial charge in [0.2, 0.25) is 0 Å². The molecule has 0 aliphatic rings. The van der Waals surface area contributed by atoms with Gasteiger partial charge in [-0.05, 0) is 6.92 Å². The summed E-state index contributed by atoms with van der Waals surface area (Å²) in [5.74, 6) is 0.121. The molecule has 0 N–H and O–H groups in total. The van der Waals surface area contributed by atoms with Crippen LogP contribution >= 0.6 is 0 Å². The first-order valence-corrected chi connectivity index (χ1v) is 5.78. The van der Waals surface area contributed by atoms with E-state index in [-0.39, 0.29) is 45.9 Å². The third-order valence-corrected chi connectivity index (χ3v) is 1.68. The predicted molar refractivity (Wildman–Crippen MR) is 74.8 cm³/mol. The molecule has 0 saturated carbocycles. The van der Waals surface area contributed by atoms with Crippen molar-refractivity contribution in [3.05, 3.63) is 43.3 Å². The third-order valence-electron chi connectivity index (χ3n) is 1.68. The van der Waals surface area contributed by atoms with E-state index in [9.17, 15) is 4.79 Å². The van der Waals surface area contributed by atoms with Gasteiger partial charge < -0.3 is 7.43 Å². The van der Waals surface area contributed by atoms with Crippen molar-refractivity contribution < 1.29 is 37.5 Å². The summed E-state index contributed by atoms with van der Waals surface area (Å²) >= 11 is 0. The average Bonchev–Trinajstić information content (AvgIpc) is 2.33. The SMILES string of the molecule is CC.CC(=O)c1ccccc1.CCCC.[CH3-].[Y]. The summed E-state index contributed by atoms with van der Waals surface area (Å²) in [5, 5.41) is 0. The van der Waals surface area contributed by atoms with Crippen LogP contribution in [0.1, 0.15) is 57.8 Å². The van der Waals surface area contributed by atoms with Gasteiger partial charge in [-0.25, -0.2) is 0 Å². The fourth-order valence-corrected chi connectivity index (χ4v) is 0.673. The first-order valence-electron chi connectivity index (χ1n) is 5.78. The van der Waals surface area contributed by atoms with Gasteiger partial charge in [-0.15, -0.1) is 0 Å². The van der Waals surface area contributed by atoms with Crippen molar-refractivity contribution >= 4 is 5.78 Å². The van der Waals surface area contributed by atoms with E-state index in [0.717, 1.165) is 5.56 Å². The molecular weight excluding hydrogens is 285 g/mol. The largest absolute Gasteiger partial charge is 0.358 e. The third kappa shape index (κ3) is 18.6. The van der Waals surface area contributed by atoms with Crippen molar-refractivity contribution in [1.29, 1.82) is 0 Å². The molecule has 0 unspecified atom stereocenters. The number of Topliss-reactive ketones (excluding diaryl/α,β-unsaturated/α-hetero) is 1. The molecule has 1 rings (SSSR count). The minimum absolute atomic E-state index is 0. The Labute approximate surface area is 133 Å². The summed E-state index contributed by atoms with van der Waals surface area (Å²) in [6.07, 6.45) is 2.64. The minimum Gasteiger partial charge on any atom is -0.358 e. The summed E-state index contributed by atoms with van der Waals surface area (Å²) in [4.78, 5) is 10.6. The molecule has 1 aromatic rings. The van der Waals surface area contributed by atoms with E-state index in [4.69, 9.17) is 0 Å². The first-order chi connectivity index (χ1) is 7.22. The molecule has 97 valence electrons. The van der Waals surface area contributed by atoms with Gasteiger partial charge in [-0.3, -0.25) is 4.79 Å². The number of hydrogen-bond acceptors (Lipinski definition) is 1. The quantitative estimate of drug-likeness (QED) is 0.544. The van der Waals surface area contributed by atoms with E-state index in [1.54, 1.807) is 6.92 Å². The second-order valence-electron chi connectivity index (χ2n) is 2.92. The fourth-order valence-electron chi connectivity index (χ4n) is 0.673. The van der Waals surface area contributed by atoms with Gasteiger partial charge in [0.15, 0.2) is 5.78 Å². The molecule has 1 nitrogen and oxygen atoms in total. The van der Waals surface area contributed by atoms with Crippen LogP contribution in [-0.2, 0) is 32.7 Å². The Morgan fingerprint density at radius 2 is 1.35 bits per heavy atom. The Kier molecular flexibility index (Phi) is 32.3. The minimum atomic E-state index is 0. The van der Waals surface area contributed by atoms with Crippen LogP contribution in [0.2, 0.25) is 0 Å². The average molecular weight is 312 g/mol. The zero-order chi connectivity index (χ0) is 12.1. The Morgan fingerprint density at radius 3 is 1.53 bits per heavy atom. The van der Waals surface area contributed by atoms with Crippen LogP contribution in [0.3, 0.4) is 0 Å². The Hall–Kier alpha value is -0.00610. The number of benzene rings is 1. The van der Waals surface area contributed by atoms with E-state index in [1.807, 2.05) is 44.2 Å². The maximum atomic E-state index is 10.6. The first kappa shape index (κ1) is 25.7. The zero-order valence-corrected chi connectivity index (χ0v) is 15.1. The number of carbonyl (C=O) groups excluding carboxylic acids is 1. The molecule has 0 aromatic heterocycles. The topological polar surface area (TPSA) is 17.1 Å². The maximum absolute atomic E-state index is 10.6. The zero-order valence-electron chi connectivity index (χ0n) is 12.3. The molecule has 0 aliphatic heterocycles. The van der Waals surface area contributed by atoms with Crippen molar-refractivity contribution in [3.63, 3.8) is 0 Å². The van der Waals surface area contributed by atoms with Crippen molar-refractivity contribution in [2.24, 2.45) is 0 Å². The number of unbranched alkanes of at least 4 members (excludes halogenated alkanes) is 1. The van der Waals surface area contributed by atoms with Crippen LogP contribution in [0.5, 0.6) is 0 Å². The van der Waals surface area contributed by atoms with Gasteiger partial charge in [0.25, 0.3) is 0 Å². The number of hydrogen-bond donors (Lipinski definition) is 0. The number of carbonyl (C=O) groups is 1. The summed E-state index contributed by atoms with van der Waals surface area (Å²) in [7, 11) is 0. The van der Waals surface area contributed by atoms with E-state index in [0.29, 0.717) is 0 Å². The van der Waals surface area contributed by atoms with E-state index < -0.39 is 0 Å². The molecule has 0 aliphatic carbocycles. The fraction of sp³-hybridized carbons (Fsp3) is 0.467. The Morgan fingerprint density at radius 1 is 1.00 bits per heavy atom. The number of ketones is 1. The molecular formula is C15H27OY-. The second kappa shape index (κ2) is 21.3. The van der Waals surface area contributed by atoms with Gasteiger partial charge >= 0.3 is 0 Å². The molecule has 1 radical (unpaired) electrons. The molecule has 0 bridgehead atoms. The predicted octanol–water partition coefficient (Wildman–Crippen LogP) is 5.17. The van der Waals surface area contributed by atoms with E-state index in [1.165, 1.54) is 12.8 Å². The van der Waals surface area contributed by atoms with Gasteiger partial charge in [-0.2, -0.15) is 0 Å². The summed E-state index contributed by atoms with van der Waals surface area (Å²) in [5.41, 5.74) is 0.775. The summed E-state index contributed by atoms with van der Waals surface area (Å²) < 4.78 is 0.